The zero-order chi connectivity index (χ0) is 14.3. The minimum atomic E-state index is -0.637. The molecular weight excluding hydrogens is 262 g/mol. The molecule has 2 aromatic heterocycles. The van der Waals surface area contributed by atoms with E-state index in [0.29, 0.717) is 16.7 Å². The van der Waals surface area contributed by atoms with Gasteiger partial charge in [0.25, 0.3) is 11.5 Å². The summed E-state index contributed by atoms with van der Waals surface area (Å²) in [5, 5.41) is 5.76. The van der Waals surface area contributed by atoms with E-state index in [9.17, 15) is 14.4 Å². The average Bonchev–Trinajstić information content (AvgIpc) is 2.73. The number of carbonyl (C=O) groups is 1. The molecule has 0 bridgehead atoms. The number of nitrogen functional groups attached to an aromatic ring is 1. The lowest BCUT2D eigenvalue weighted by molar-refractivity contribution is 0.0955. The summed E-state index contributed by atoms with van der Waals surface area (Å²) in [5.74, 6) is -0.637. The normalized spacial score (nSPS) is 10.8. The number of hydrogen-bond donors (Lipinski definition) is 3. The molecule has 4 N–H and O–H groups in total. The molecule has 0 unspecified atom stereocenters. The molecule has 0 saturated carbocycles. The van der Waals surface area contributed by atoms with Crippen LogP contribution in [0.1, 0.15) is 10.5 Å². The molecule has 0 saturated heterocycles. The number of aromatic amines is 2. The molecule has 0 radical (unpaired) electrons. The van der Waals surface area contributed by atoms with E-state index in [0.717, 1.165) is 10.6 Å². The van der Waals surface area contributed by atoms with E-state index in [1.807, 2.05) is 0 Å². The van der Waals surface area contributed by atoms with Gasteiger partial charge in [-0.05, 0) is 24.3 Å². The molecule has 0 atom stereocenters. The Morgan fingerprint density at radius 2 is 2.00 bits per heavy atom. The van der Waals surface area contributed by atoms with E-state index in [-0.39, 0.29) is 5.69 Å². The summed E-state index contributed by atoms with van der Waals surface area (Å²) in [6.45, 7) is 0. The second kappa shape index (κ2) is 4.19. The highest BCUT2D eigenvalue weighted by Crippen LogP contribution is 2.14. The molecule has 0 amide bonds. The Balaban J connectivity index is 2.21. The van der Waals surface area contributed by atoms with Crippen molar-refractivity contribution in [1.29, 1.82) is 0 Å². The number of nitrogens with two attached hydrogens (primary N) is 1. The number of anilines is 1. The zero-order valence-corrected chi connectivity index (χ0v) is 10.1. The van der Waals surface area contributed by atoms with E-state index >= 15 is 0 Å². The van der Waals surface area contributed by atoms with Crippen molar-refractivity contribution in [3.8, 4) is 0 Å². The molecule has 8 heteroatoms. The summed E-state index contributed by atoms with van der Waals surface area (Å²) >= 11 is 0. The summed E-state index contributed by atoms with van der Waals surface area (Å²) in [5.41, 5.74) is 5.87. The molecule has 1 aromatic carbocycles. The van der Waals surface area contributed by atoms with Crippen LogP contribution in [0, 0.1) is 0 Å². The number of aromatic nitrogens is 4. The average molecular weight is 271 g/mol. The van der Waals surface area contributed by atoms with Crippen molar-refractivity contribution >= 4 is 22.6 Å². The number of benzene rings is 1. The van der Waals surface area contributed by atoms with Crippen molar-refractivity contribution in [3.63, 3.8) is 0 Å². The second-order valence-corrected chi connectivity index (χ2v) is 4.15. The standard InChI is InChI=1S/C12H9N5O3/c13-6-1-3-9-8(5-6)14-12(20)17(9)11(19)7-2-4-10(18)16-15-7/h1-5H,13H2,(H,14,20)(H,16,18). The number of hydrogen-bond acceptors (Lipinski definition) is 5. The maximum atomic E-state index is 12.3. The molecule has 2 heterocycles. The van der Waals surface area contributed by atoms with E-state index in [2.05, 4.69) is 15.2 Å². The highest BCUT2D eigenvalue weighted by atomic mass is 16.2. The summed E-state index contributed by atoms with van der Waals surface area (Å²) in [4.78, 5) is 37.6. The van der Waals surface area contributed by atoms with Gasteiger partial charge in [0, 0.05) is 11.8 Å². The van der Waals surface area contributed by atoms with Gasteiger partial charge in [0.1, 0.15) is 5.69 Å². The highest BCUT2D eigenvalue weighted by Gasteiger charge is 2.17. The fourth-order valence-electron chi connectivity index (χ4n) is 1.91. The van der Waals surface area contributed by atoms with Crippen molar-refractivity contribution in [3.05, 3.63) is 56.9 Å². The minimum Gasteiger partial charge on any atom is -0.399 e. The minimum absolute atomic E-state index is 0.0376. The summed E-state index contributed by atoms with van der Waals surface area (Å²) in [6, 6.07) is 7.12. The van der Waals surface area contributed by atoms with Crippen molar-refractivity contribution in [2.24, 2.45) is 0 Å². The smallest absolute Gasteiger partial charge is 0.333 e. The monoisotopic (exact) mass is 271 g/mol. The number of fused-ring (bicyclic) bond motifs is 1. The molecule has 0 fully saturated rings. The van der Waals surface area contributed by atoms with E-state index < -0.39 is 17.2 Å². The first kappa shape index (κ1) is 11.9. The SMILES string of the molecule is Nc1ccc2c(c1)[nH]c(=O)n2C(=O)c1ccc(=O)[nH]n1. The van der Waals surface area contributed by atoms with Gasteiger partial charge in [-0.1, -0.05) is 0 Å². The van der Waals surface area contributed by atoms with E-state index in [1.54, 1.807) is 18.2 Å². The lowest BCUT2D eigenvalue weighted by Gasteiger charge is -2.01. The van der Waals surface area contributed by atoms with Gasteiger partial charge < -0.3 is 10.7 Å². The van der Waals surface area contributed by atoms with Crippen LogP contribution >= 0.6 is 0 Å². The molecule has 0 spiro atoms. The Hall–Kier alpha value is -3.16. The maximum absolute atomic E-state index is 12.3. The Morgan fingerprint density at radius 1 is 1.20 bits per heavy atom. The van der Waals surface area contributed by atoms with Gasteiger partial charge in [-0.3, -0.25) is 9.59 Å². The third-order valence-electron chi connectivity index (χ3n) is 2.81. The summed E-state index contributed by atoms with van der Waals surface area (Å²) in [6.07, 6.45) is 0. The largest absolute Gasteiger partial charge is 0.399 e. The van der Waals surface area contributed by atoms with Gasteiger partial charge >= 0.3 is 5.69 Å². The topological polar surface area (TPSA) is 127 Å². The molecule has 0 aliphatic rings. The number of imidazole rings is 1. The summed E-state index contributed by atoms with van der Waals surface area (Å²) < 4.78 is 0.940. The Labute approximate surface area is 110 Å². The first-order chi connectivity index (χ1) is 9.56. The lowest BCUT2D eigenvalue weighted by atomic mass is 10.2. The van der Waals surface area contributed by atoms with Crippen LogP contribution in [-0.2, 0) is 0 Å². The molecule has 100 valence electrons. The van der Waals surface area contributed by atoms with Gasteiger partial charge in [-0.2, -0.15) is 5.10 Å². The molecule has 20 heavy (non-hydrogen) atoms. The number of H-pyrrole nitrogens is 2. The molecule has 0 aliphatic heterocycles. The third kappa shape index (κ3) is 1.79. The number of nitrogens with one attached hydrogen (secondary N) is 2. The number of carbonyl (C=O) groups excluding carboxylic acids is 1. The maximum Gasteiger partial charge on any atom is 0.333 e. The first-order valence-corrected chi connectivity index (χ1v) is 5.67. The van der Waals surface area contributed by atoms with Crippen LogP contribution in [0.3, 0.4) is 0 Å². The quantitative estimate of drug-likeness (QED) is 0.523. The number of nitrogens with zero attached hydrogens (tertiary/aromatic N) is 2. The molecule has 3 aromatic rings. The molecular formula is C12H9N5O3. The fourth-order valence-corrected chi connectivity index (χ4v) is 1.91. The van der Waals surface area contributed by atoms with Gasteiger partial charge in [0.05, 0.1) is 11.0 Å². The van der Waals surface area contributed by atoms with Gasteiger partial charge in [-0.25, -0.2) is 14.5 Å². The number of rotatable bonds is 1. The van der Waals surface area contributed by atoms with Crippen LogP contribution in [-0.4, -0.2) is 25.7 Å². The molecule has 3 rings (SSSR count). The highest BCUT2D eigenvalue weighted by molar-refractivity contribution is 5.99. The van der Waals surface area contributed by atoms with Crippen molar-refractivity contribution in [2.75, 3.05) is 5.73 Å². The predicted molar refractivity (Wildman–Crippen MR) is 71.6 cm³/mol. The van der Waals surface area contributed by atoms with Gasteiger partial charge in [0.15, 0.2) is 0 Å². The zero-order valence-electron chi connectivity index (χ0n) is 10.1. The van der Waals surface area contributed by atoms with Crippen molar-refractivity contribution in [1.82, 2.24) is 19.7 Å². The first-order valence-electron chi connectivity index (χ1n) is 5.67. The van der Waals surface area contributed by atoms with Crippen molar-refractivity contribution in [2.45, 2.75) is 0 Å². The van der Waals surface area contributed by atoms with Crippen molar-refractivity contribution < 1.29 is 4.79 Å². The fraction of sp³-hybridized carbons (Fsp3) is 0. The van der Waals surface area contributed by atoms with Crippen LogP contribution in [0.25, 0.3) is 11.0 Å². The second-order valence-electron chi connectivity index (χ2n) is 4.15. The Bertz CT molecular complexity index is 914. The Morgan fingerprint density at radius 3 is 2.70 bits per heavy atom. The van der Waals surface area contributed by atoms with Gasteiger partial charge in [0.2, 0.25) is 0 Å². The van der Waals surface area contributed by atoms with Crippen LogP contribution in [0.15, 0.2) is 39.9 Å². The predicted octanol–water partition coefficient (Wildman–Crippen LogP) is -0.316. The van der Waals surface area contributed by atoms with Crippen LogP contribution in [0.4, 0.5) is 5.69 Å². The van der Waals surface area contributed by atoms with Gasteiger partial charge in [-0.15, -0.1) is 0 Å². The molecule has 8 nitrogen and oxygen atoms in total. The third-order valence-corrected chi connectivity index (χ3v) is 2.81. The van der Waals surface area contributed by atoms with Crippen LogP contribution in [0.2, 0.25) is 0 Å². The van der Waals surface area contributed by atoms with Crippen LogP contribution in [0.5, 0.6) is 0 Å². The van der Waals surface area contributed by atoms with E-state index in [1.165, 1.54) is 6.07 Å². The summed E-state index contributed by atoms with van der Waals surface area (Å²) in [7, 11) is 0. The van der Waals surface area contributed by atoms with E-state index in [4.69, 9.17) is 5.73 Å². The lowest BCUT2D eigenvalue weighted by Crippen LogP contribution is -2.26. The van der Waals surface area contributed by atoms with Crippen LogP contribution < -0.4 is 17.0 Å². The molecule has 0 aliphatic carbocycles. The Kier molecular flexibility index (Phi) is 2.50.